The van der Waals surface area contributed by atoms with Gasteiger partial charge in [0.05, 0.1) is 6.61 Å². The van der Waals surface area contributed by atoms with E-state index in [9.17, 15) is 0 Å². The number of benzene rings is 1. The molecule has 0 fully saturated rings. The van der Waals surface area contributed by atoms with Crippen molar-refractivity contribution in [3.8, 4) is 5.75 Å². The Labute approximate surface area is 73.3 Å². The highest BCUT2D eigenvalue weighted by atomic mass is 16.5. The van der Waals surface area contributed by atoms with Gasteiger partial charge in [0.25, 0.3) is 0 Å². The van der Waals surface area contributed by atoms with Crippen molar-refractivity contribution in [1.29, 1.82) is 0 Å². The highest BCUT2D eigenvalue weighted by Crippen LogP contribution is 2.13. The van der Waals surface area contributed by atoms with Crippen molar-refractivity contribution >= 4 is 5.69 Å². The van der Waals surface area contributed by atoms with E-state index in [1.54, 1.807) is 0 Å². The van der Waals surface area contributed by atoms with Crippen LogP contribution in [0.2, 0.25) is 0 Å². The van der Waals surface area contributed by atoms with Gasteiger partial charge >= 0.3 is 0 Å². The molecule has 0 unspecified atom stereocenters. The molecule has 0 aliphatic rings. The number of nitrogens with two attached hydrogens (primary N) is 1. The number of anilines is 1. The first-order valence-electron chi connectivity index (χ1n) is 4.17. The van der Waals surface area contributed by atoms with Gasteiger partial charge < -0.3 is 10.5 Å². The Bertz CT molecular complexity index is 228. The van der Waals surface area contributed by atoms with Crippen LogP contribution in [0.1, 0.15) is 13.8 Å². The van der Waals surface area contributed by atoms with Crippen LogP contribution in [0.4, 0.5) is 5.69 Å². The molecule has 1 aromatic rings. The highest BCUT2D eigenvalue weighted by Gasteiger charge is 1.95. The standard InChI is InChI=1S/C10H15NO/c1-8(2)7-12-10-5-3-9(11)4-6-10/h3-6,8H,7,11H2,1-2H3. The summed E-state index contributed by atoms with van der Waals surface area (Å²) in [5.41, 5.74) is 6.30. The summed E-state index contributed by atoms with van der Waals surface area (Å²) < 4.78 is 5.47. The molecular weight excluding hydrogens is 150 g/mol. The van der Waals surface area contributed by atoms with E-state index in [1.165, 1.54) is 0 Å². The minimum Gasteiger partial charge on any atom is -0.493 e. The summed E-state index contributed by atoms with van der Waals surface area (Å²) in [6.45, 7) is 5.00. The van der Waals surface area contributed by atoms with Gasteiger partial charge in [-0.15, -0.1) is 0 Å². The molecule has 1 aromatic carbocycles. The Hall–Kier alpha value is -1.18. The van der Waals surface area contributed by atoms with Gasteiger partial charge in [0.1, 0.15) is 5.75 Å². The Morgan fingerprint density at radius 3 is 2.33 bits per heavy atom. The van der Waals surface area contributed by atoms with Crippen LogP contribution >= 0.6 is 0 Å². The second-order valence-electron chi connectivity index (χ2n) is 3.27. The summed E-state index contributed by atoms with van der Waals surface area (Å²) in [7, 11) is 0. The fourth-order valence-corrected chi connectivity index (χ4v) is 0.827. The molecule has 2 heteroatoms. The van der Waals surface area contributed by atoms with Crippen molar-refractivity contribution in [3.63, 3.8) is 0 Å². The number of hydrogen-bond acceptors (Lipinski definition) is 2. The van der Waals surface area contributed by atoms with E-state index in [-0.39, 0.29) is 0 Å². The highest BCUT2D eigenvalue weighted by molar-refractivity contribution is 5.41. The first-order chi connectivity index (χ1) is 5.68. The monoisotopic (exact) mass is 165 g/mol. The lowest BCUT2D eigenvalue weighted by Gasteiger charge is -2.07. The Morgan fingerprint density at radius 2 is 1.83 bits per heavy atom. The molecule has 0 aliphatic heterocycles. The third kappa shape index (κ3) is 2.82. The van der Waals surface area contributed by atoms with Gasteiger partial charge in [0, 0.05) is 5.69 Å². The second-order valence-corrected chi connectivity index (χ2v) is 3.27. The first-order valence-corrected chi connectivity index (χ1v) is 4.17. The van der Waals surface area contributed by atoms with Gasteiger partial charge in [-0.2, -0.15) is 0 Å². The third-order valence-electron chi connectivity index (χ3n) is 1.46. The van der Waals surface area contributed by atoms with E-state index in [2.05, 4.69) is 13.8 Å². The molecule has 1 rings (SSSR count). The molecule has 2 nitrogen and oxygen atoms in total. The van der Waals surface area contributed by atoms with E-state index in [0.29, 0.717) is 5.92 Å². The van der Waals surface area contributed by atoms with Gasteiger partial charge in [-0.25, -0.2) is 0 Å². The van der Waals surface area contributed by atoms with Gasteiger partial charge in [-0.05, 0) is 30.2 Å². The molecular formula is C10H15NO. The smallest absolute Gasteiger partial charge is 0.119 e. The van der Waals surface area contributed by atoms with Crippen LogP contribution in [0.25, 0.3) is 0 Å². The van der Waals surface area contributed by atoms with Crippen molar-refractivity contribution in [2.24, 2.45) is 5.92 Å². The maximum absolute atomic E-state index is 5.53. The molecule has 0 saturated heterocycles. The van der Waals surface area contributed by atoms with Gasteiger partial charge in [0.15, 0.2) is 0 Å². The predicted molar refractivity (Wildman–Crippen MR) is 51.2 cm³/mol. The summed E-state index contributed by atoms with van der Waals surface area (Å²) in [6, 6.07) is 7.46. The minimum absolute atomic E-state index is 0.558. The molecule has 0 bridgehead atoms. The lowest BCUT2D eigenvalue weighted by Crippen LogP contribution is -2.04. The van der Waals surface area contributed by atoms with Crippen molar-refractivity contribution in [1.82, 2.24) is 0 Å². The maximum atomic E-state index is 5.53. The number of rotatable bonds is 3. The van der Waals surface area contributed by atoms with Crippen LogP contribution < -0.4 is 10.5 Å². The minimum atomic E-state index is 0.558. The lowest BCUT2D eigenvalue weighted by atomic mass is 10.2. The average Bonchev–Trinajstić information content (AvgIpc) is 2.03. The summed E-state index contributed by atoms with van der Waals surface area (Å²) in [5.74, 6) is 1.44. The molecule has 0 aromatic heterocycles. The van der Waals surface area contributed by atoms with Crippen LogP contribution in [0.15, 0.2) is 24.3 Å². The summed E-state index contributed by atoms with van der Waals surface area (Å²) in [5, 5.41) is 0. The third-order valence-corrected chi connectivity index (χ3v) is 1.46. The van der Waals surface area contributed by atoms with Crippen molar-refractivity contribution in [2.75, 3.05) is 12.3 Å². The zero-order chi connectivity index (χ0) is 8.97. The van der Waals surface area contributed by atoms with Gasteiger partial charge in [-0.3, -0.25) is 0 Å². The second kappa shape index (κ2) is 4.00. The molecule has 2 N–H and O–H groups in total. The molecule has 0 spiro atoms. The quantitative estimate of drug-likeness (QED) is 0.697. The number of hydrogen-bond donors (Lipinski definition) is 1. The average molecular weight is 165 g/mol. The van der Waals surface area contributed by atoms with E-state index in [0.717, 1.165) is 18.0 Å². The van der Waals surface area contributed by atoms with Crippen LogP contribution in [0.5, 0.6) is 5.75 Å². The Kier molecular flexibility index (Phi) is 2.97. The topological polar surface area (TPSA) is 35.2 Å². The van der Waals surface area contributed by atoms with E-state index >= 15 is 0 Å². The molecule has 0 heterocycles. The fourth-order valence-electron chi connectivity index (χ4n) is 0.827. The zero-order valence-electron chi connectivity index (χ0n) is 7.58. The maximum Gasteiger partial charge on any atom is 0.119 e. The summed E-state index contributed by atoms with van der Waals surface area (Å²) in [6.07, 6.45) is 0. The predicted octanol–water partition coefficient (Wildman–Crippen LogP) is 2.30. The largest absolute Gasteiger partial charge is 0.493 e. The first kappa shape index (κ1) is 8.91. The van der Waals surface area contributed by atoms with Gasteiger partial charge in [-0.1, -0.05) is 13.8 Å². The summed E-state index contributed by atoms with van der Waals surface area (Å²) >= 11 is 0. The normalized spacial score (nSPS) is 10.2. The lowest BCUT2D eigenvalue weighted by molar-refractivity contribution is 0.271. The van der Waals surface area contributed by atoms with E-state index < -0.39 is 0 Å². The molecule has 0 radical (unpaired) electrons. The van der Waals surface area contributed by atoms with Crippen LogP contribution in [0, 0.1) is 5.92 Å². The van der Waals surface area contributed by atoms with Crippen molar-refractivity contribution in [3.05, 3.63) is 24.3 Å². The van der Waals surface area contributed by atoms with Crippen LogP contribution in [-0.4, -0.2) is 6.61 Å². The van der Waals surface area contributed by atoms with Gasteiger partial charge in [0.2, 0.25) is 0 Å². The van der Waals surface area contributed by atoms with Crippen molar-refractivity contribution in [2.45, 2.75) is 13.8 Å². The Morgan fingerprint density at radius 1 is 1.25 bits per heavy atom. The Balaban J connectivity index is 2.48. The SMILES string of the molecule is CC(C)COc1ccc(N)cc1. The fraction of sp³-hybridized carbons (Fsp3) is 0.400. The molecule has 66 valence electrons. The molecule has 0 amide bonds. The van der Waals surface area contributed by atoms with E-state index in [4.69, 9.17) is 10.5 Å². The molecule has 12 heavy (non-hydrogen) atoms. The zero-order valence-corrected chi connectivity index (χ0v) is 7.58. The van der Waals surface area contributed by atoms with Crippen molar-refractivity contribution < 1.29 is 4.74 Å². The molecule has 0 aliphatic carbocycles. The molecule has 0 saturated carbocycles. The van der Waals surface area contributed by atoms with Crippen LogP contribution in [-0.2, 0) is 0 Å². The number of ether oxygens (including phenoxy) is 1. The summed E-state index contributed by atoms with van der Waals surface area (Å²) in [4.78, 5) is 0. The van der Waals surface area contributed by atoms with Crippen LogP contribution in [0.3, 0.4) is 0 Å². The van der Waals surface area contributed by atoms with E-state index in [1.807, 2.05) is 24.3 Å². The number of nitrogen functional groups attached to an aromatic ring is 1. The molecule has 0 atom stereocenters.